The van der Waals surface area contributed by atoms with Crippen LogP contribution < -0.4 is 14.9 Å². The first-order chi connectivity index (χ1) is 15.2. The molecule has 0 radical (unpaired) electrons. The van der Waals surface area contributed by atoms with Gasteiger partial charge in [0.1, 0.15) is 5.82 Å². The third-order valence-electron chi connectivity index (χ3n) is 4.71. The fourth-order valence-corrected chi connectivity index (χ4v) is 3.25. The highest BCUT2D eigenvalue weighted by Crippen LogP contribution is 2.17. The summed E-state index contributed by atoms with van der Waals surface area (Å²) in [5.74, 6) is 1.80. The summed E-state index contributed by atoms with van der Waals surface area (Å²) in [7, 11) is 9.78. The number of nitrogens with one attached hydrogen (secondary N) is 2. The molecule has 2 rings (SSSR count). The predicted molar refractivity (Wildman–Crippen MR) is 132 cm³/mol. The number of hydrogen-bond donors (Lipinski definition) is 3. The average molecular weight is 465 g/mol. The van der Waals surface area contributed by atoms with Crippen molar-refractivity contribution in [3.8, 4) is 0 Å². The quantitative estimate of drug-likeness (QED) is 0.284. The van der Waals surface area contributed by atoms with E-state index in [1.807, 2.05) is 24.3 Å². The van der Waals surface area contributed by atoms with Crippen LogP contribution >= 0.6 is 0 Å². The zero-order valence-corrected chi connectivity index (χ0v) is 20.5. The van der Waals surface area contributed by atoms with Crippen molar-refractivity contribution >= 4 is 28.9 Å². The molecule has 0 amide bonds. The van der Waals surface area contributed by atoms with E-state index in [-0.39, 0.29) is 0 Å². The summed E-state index contributed by atoms with van der Waals surface area (Å²) in [6.07, 6.45) is 2.51. The lowest BCUT2D eigenvalue weighted by Crippen LogP contribution is -2.19. The minimum Gasteiger partial charge on any atom is -0.354 e. The molecule has 1 unspecified atom stereocenters. The van der Waals surface area contributed by atoms with Gasteiger partial charge in [0.2, 0.25) is 11.9 Å². The van der Waals surface area contributed by atoms with Gasteiger partial charge in [-0.25, -0.2) is 4.21 Å². The molecule has 1 atom stereocenters. The van der Waals surface area contributed by atoms with Crippen molar-refractivity contribution in [2.75, 3.05) is 76.4 Å². The van der Waals surface area contributed by atoms with Crippen LogP contribution in [0.3, 0.4) is 0 Å². The largest absolute Gasteiger partial charge is 0.354 e. The molecule has 0 spiro atoms. The maximum Gasteiger partial charge on any atom is 0.261 e. The Hall–Kier alpha value is -2.34. The normalized spacial score (nSPS) is 12.2. The molecule has 0 bridgehead atoms. The van der Waals surface area contributed by atoms with Gasteiger partial charge in [-0.2, -0.15) is 15.0 Å². The Morgan fingerprint density at radius 2 is 1.34 bits per heavy atom. The molecule has 0 aliphatic rings. The van der Waals surface area contributed by atoms with Gasteiger partial charge in [0.05, 0.1) is 5.69 Å². The summed E-state index contributed by atoms with van der Waals surface area (Å²) in [6, 6.07) is 7.45. The number of nitrogens with zero attached hydrogens (tertiary/aromatic N) is 6. The SMILES string of the molecule is CN(C)CCCNc1nc(Cc2ccc(N(C)S(=O)O)cc2)nc(NCCCN(C)C)n1. The Bertz CT molecular complexity index is 814. The first kappa shape index (κ1) is 25.9. The van der Waals surface area contributed by atoms with Crippen LogP contribution in [0.15, 0.2) is 24.3 Å². The van der Waals surface area contributed by atoms with E-state index in [0.29, 0.717) is 29.8 Å². The highest BCUT2D eigenvalue weighted by Gasteiger charge is 2.10. The fourth-order valence-electron chi connectivity index (χ4n) is 2.94. The van der Waals surface area contributed by atoms with Gasteiger partial charge in [0.15, 0.2) is 0 Å². The molecule has 178 valence electrons. The molecule has 11 heteroatoms. The highest BCUT2D eigenvalue weighted by atomic mass is 32.2. The van der Waals surface area contributed by atoms with E-state index < -0.39 is 11.3 Å². The Kier molecular flexibility index (Phi) is 10.7. The molecule has 2 aromatic rings. The standard InChI is InChI=1S/C21H36N8O2S/c1-27(2)14-6-12-22-20-24-19(25-21(26-20)23-13-7-15-28(3)4)16-17-8-10-18(11-9-17)29(5)32(30)31/h8-11H,6-7,12-16H2,1-5H3,(H,30,31)(H2,22,23,24,25,26). The van der Waals surface area contributed by atoms with Crippen LogP contribution in [0, 0.1) is 0 Å². The minimum atomic E-state index is -2.05. The van der Waals surface area contributed by atoms with Gasteiger partial charge in [-0.1, -0.05) is 12.1 Å². The van der Waals surface area contributed by atoms with Gasteiger partial charge in [-0.3, -0.25) is 8.86 Å². The second-order valence-corrected chi connectivity index (χ2v) is 9.15. The topological polar surface area (TPSA) is 110 Å². The lowest BCUT2D eigenvalue weighted by Gasteiger charge is -2.14. The third kappa shape index (κ3) is 9.43. The summed E-state index contributed by atoms with van der Waals surface area (Å²) >= 11 is -2.05. The summed E-state index contributed by atoms with van der Waals surface area (Å²) < 4.78 is 21.8. The Balaban J connectivity index is 2.09. The monoisotopic (exact) mass is 464 g/mol. The van der Waals surface area contributed by atoms with Crippen molar-refractivity contribution in [2.24, 2.45) is 0 Å². The first-order valence-corrected chi connectivity index (χ1v) is 11.8. The zero-order chi connectivity index (χ0) is 23.5. The summed E-state index contributed by atoms with van der Waals surface area (Å²) in [5, 5.41) is 6.61. The number of anilines is 3. The Morgan fingerprint density at radius 3 is 1.78 bits per heavy atom. The van der Waals surface area contributed by atoms with Gasteiger partial charge >= 0.3 is 0 Å². The number of benzene rings is 1. The van der Waals surface area contributed by atoms with E-state index in [2.05, 4.69) is 63.6 Å². The van der Waals surface area contributed by atoms with Gasteiger partial charge < -0.3 is 20.4 Å². The molecule has 1 heterocycles. The summed E-state index contributed by atoms with van der Waals surface area (Å²) in [4.78, 5) is 18.0. The Labute approximate surface area is 193 Å². The highest BCUT2D eigenvalue weighted by molar-refractivity contribution is 7.80. The molecule has 0 saturated heterocycles. The van der Waals surface area contributed by atoms with E-state index in [9.17, 15) is 8.76 Å². The van der Waals surface area contributed by atoms with Crippen molar-refractivity contribution in [2.45, 2.75) is 19.3 Å². The molecule has 0 fully saturated rings. The van der Waals surface area contributed by atoms with Gasteiger partial charge in [-0.05, 0) is 71.8 Å². The second-order valence-electron chi connectivity index (χ2n) is 8.14. The third-order valence-corrected chi connectivity index (χ3v) is 5.39. The summed E-state index contributed by atoms with van der Waals surface area (Å²) in [6.45, 7) is 3.53. The summed E-state index contributed by atoms with van der Waals surface area (Å²) in [5.41, 5.74) is 1.67. The lowest BCUT2D eigenvalue weighted by molar-refractivity contribution is 0.405. The van der Waals surface area contributed by atoms with Crippen LogP contribution in [-0.4, -0.2) is 94.9 Å². The molecular weight excluding hydrogens is 428 g/mol. The van der Waals surface area contributed by atoms with Crippen LogP contribution in [0.1, 0.15) is 24.2 Å². The minimum absolute atomic E-state index is 0.535. The molecule has 3 N–H and O–H groups in total. The van der Waals surface area contributed by atoms with E-state index in [4.69, 9.17) is 0 Å². The first-order valence-electron chi connectivity index (χ1n) is 10.7. The van der Waals surface area contributed by atoms with Crippen LogP contribution in [0.4, 0.5) is 17.6 Å². The predicted octanol–water partition coefficient (Wildman–Crippen LogP) is 1.76. The van der Waals surface area contributed by atoms with Crippen LogP contribution in [-0.2, 0) is 17.7 Å². The molecular formula is C21H36N8O2S. The number of rotatable bonds is 14. The molecule has 0 saturated carbocycles. The van der Waals surface area contributed by atoms with Crippen LogP contribution in [0.25, 0.3) is 0 Å². The molecule has 0 aliphatic heterocycles. The maximum atomic E-state index is 11.2. The molecule has 32 heavy (non-hydrogen) atoms. The van der Waals surface area contributed by atoms with Crippen LogP contribution in [0.2, 0.25) is 0 Å². The van der Waals surface area contributed by atoms with Crippen molar-refractivity contribution in [1.82, 2.24) is 24.8 Å². The average Bonchev–Trinajstić information content (AvgIpc) is 2.74. The fraction of sp³-hybridized carbons (Fsp3) is 0.571. The van der Waals surface area contributed by atoms with Gasteiger partial charge in [0.25, 0.3) is 11.3 Å². The van der Waals surface area contributed by atoms with E-state index >= 15 is 0 Å². The maximum absolute atomic E-state index is 11.2. The molecule has 1 aromatic heterocycles. The van der Waals surface area contributed by atoms with E-state index in [1.165, 1.54) is 4.31 Å². The second kappa shape index (κ2) is 13.3. The van der Waals surface area contributed by atoms with E-state index in [1.54, 1.807) is 7.05 Å². The van der Waals surface area contributed by atoms with Gasteiger partial charge in [0, 0.05) is 26.6 Å². The van der Waals surface area contributed by atoms with Crippen LogP contribution in [0.5, 0.6) is 0 Å². The Morgan fingerprint density at radius 1 is 0.844 bits per heavy atom. The van der Waals surface area contributed by atoms with Crippen molar-refractivity contribution in [1.29, 1.82) is 0 Å². The van der Waals surface area contributed by atoms with E-state index in [0.717, 1.165) is 44.6 Å². The van der Waals surface area contributed by atoms with Crippen molar-refractivity contribution in [3.63, 3.8) is 0 Å². The van der Waals surface area contributed by atoms with Gasteiger partial charge in [-0.15, -0.1) is 0 Å². The molecule has 10 nitrogen and oxygen atoms in total. The zero-order valence-electron chi connectivity index (χ0n) is 19.7. The van der Waals surface area contributed by atoms with Crippen molar-refractivity contribution in [3.05, 3.63) is 35.7 Å². The molecule has 1 aromatic carbocycles. The van der Waals surface area contributed by atoms with Crippen molar-refractivity contribution < 1.29 is 8.76 Å². The number of hydrogen-bond acceptors (Lipinski definition) is 8. The lowest BCUT2D eigenvalue weighted by atomic mass is 10.1. The molecule has 0 aliphatic carbocycles. The number of aromatic nitrogens is 3. The smallest absolute Gasteiger partial charge is 0.261 e.